The fourth-order valence-corrected chi connectivity index (χ4v) is 3.69. The molecule has 1 heterocycles. The lowest BCUT2D eigenvalue weighted by molar-refractivity contribution is -0.120. The van der Waals surface area contributed by atoms with Crippen LogP contribution in [0.15, 0.2) is 77.5 Å². The van der Waals surface area contributed by atoms with Crippen molar-refractivity contribution >= 4 is 40.8 Å². The zero-order valence-electron chi connectivity index (χ0n) is 19.1. The summed E-state index contributed by atoms with van der Waals surface area (Å²) in [5.41, 5.74) is 1.83. The summed E-state index contributed by atoms with van der Waals surface area (Å²) >= 11 is 6.23. The number of methoxy groups -OCH3 is 2. The molecule has 35 heavy (non-hydrogen) atoms. The highest BCUT2D eigenvalue weighted by molar-refractivity contribution is 6.53. The van der Waals surface area contributed by atoms with Gasteiger partial charge in [0.1, 0.15) is 28.0 Å². The molecule has 0 fully saturated rings. The van der Waals surface area contributed by atoms with Gasteiger partial charge in [0.25, 0.3) is 11.8 Å². The molecule has 0 bridgehead atoms. The third kappa shape index (κ3) is 4.83. The summed E-state index contributed by atoms with van der Waals surface area (Å²) in [5, 5.41) is 2.60. The third-order valence-corrected chi connectivity index (χ3v) is 5.59. The second kappa shape index (κ2) is 9.90. The van der Waals surface area contributed by atoms with Gasteiger partial charge in [0, 0.05) is 11.8 Å². The van der Waals surface area contributed by atoms with Crippen LogP contribution in [-0.4, -0.2) is 32.0 Å². The van der Waals surface area contributed by atoms with Crippen LogP contribution in [0.25, 0.3) is 0 Å². The van der Waals surface area contributed by atoms with Crippen LogP contribution in [0.5, 0.6) is 17.2 Å². The lowest BCUT2D eigenvalue weighted by Gasteiger charge is -2.19. The van der Waals surface area contributed by atoms with Crippen LogP contribution in [0.2, 0.25) is 0 Å². The number of carbonyl (C=O) groups excluding carboxylic acids is 3. The normalized spacial score (nSPS) is 13.2. The quantitative estimate of drug-likeness (QED) is 0.291. The van der Waals surface area contributed by atoms with Crippen molar-refractivity contribution in [3.8, 4) is 17.2 Å². The number of carbonyl (C=O) groups is 3. The Morgan fingerprint density at radius 1 is 0.886 bits per heavy atom. The van der Waals surface area contributed by atoms with E-state index in [1.807, 2.05) is 13.0 Å². The number of nitrogens with zero attached hydrogens (tertiary/aromatic N) is 1. The molecular formula is C26H21ClN2O6. The number of aryl methyl sites for hydroxylation is 1. The minimum Gasteiger partial charge on any atom is -0.497 e. The van der Waals surface area contributed by atoms with Crippen molar-refractivity contribution in [1.82, 2.24) is 0 Å². The third-order valence-electron chi connectivity index (χ3n) is 5.24. The Bertz CT molecular complexity index is 1350. The summed E-state index contributed by atoms with van der Waals surface area (Å²) in [5.74, 6) is -0.708. The van der Waals surface area contributed by atoms with E-state index in [4.69, 9.17) is 25.8 Å². The molecule has 3 aromatic rings. The van der Waals surface area contributed by atoms with Crippen molar-refractivity contribution in [2.45, 2.75) is 6.92 Å². The van der Waals surface area contributed by atoms with E-state index in [-0.39, 0.29) is 16.4 Å². The first-order chi connectivity index (χ1) is 16.8. The molecule has 0 atom stereocenters. The smallest absolute Gasteiger partial charge is 0.343 e. The van der Waals surface area contributed by atoms with Crippen molar-refractivity contribution in [2.24, 2.45) is 0 Å². The minimum atomic E-state index is -0.705. The first kappa shape index (κ1) is 23.8. The zero-order chi connectivity index (χ0) is 25.1. The fraction of sp³-hybridized carbons (Fsp3) is 0.115. The standard InChI is InChI=1S/C26H21ClN2O6/c1-15-5-4-6-19(13-15)35-26(32)16-7-9-17(10-8-16)28-23-22(27)24(30)29(25(23)31)20-14-18(33-2)11-12-21(20)34-3/h4-14,28H,1-3H3. The largest absolute Gasteiger partial charge is 0.497 e. The highest BCUT2D eigenvalue weighted by Crippen LogP contribution is 2.38. The monoisotopic (exact) mass is 492 g/mol. The van der Waals surface area contributed by atoms with E-state index in [1.54, 1.807) is 54.6 Å². The molecule has 0 aromatic heterocycles. The maximum Gasteiger partial charge on any atom is 0.343 e. The van der Waals surface area contributed by atoms with Gasteiger partial charge in [0.2, 0.25) is 0 Å². The molecule has 1 aliphatic heterocycles. The molecular weight excluding hydrogens is 472 g/mol. The lowest BCUT2D eigenvalue weighted by atomic mass is 10.2. The Balaban J connectivity index is 1.52. The van der Waals surface area contributed by atoms with Gasteiger partial charge in [0.15, 0.2) is 0 Å². The van der Waals surface area contributed by atoms with Gasteiger partial charge in [-0.15, -0.1) is 0 Å². The van der Waals surface area contributed by atoms with Gasteiger partial charge in [-0.2, -0.15) is 0 Å². The topological polar surface area (TPSA) is 94.2 Å². The average Bonchev–Trinajstić information content (AvgIpc) is 3.07. The Morgan fingerprint density at radius 3 is 2.29 bits per heavy atom. The van der Waals surface area contributed by atoms with Crippen LogP contribution < -0.4 is 24.4 Å². The Morgan fingerprint density at radius 2 is 1.63 bits per heavy atom. The van der Waals surface area contributed by atoms with E-state index in [0.717, 1.165) is 10.5 Å². The second-order valence-electron chi connectivity index (χ2n) is 7.58. The maximum absolute atomic E-state index is 13.1. The predicted octanol–water partition coefficient (Wildman–Crippen LogP) is 4.67. The van der Waals surface area contributed by atoms with E-state index in [0.29, 0.717) is 28.5 Å². The number of benzene rings is 3. The number of hydrogen-bond donors (Lipinski definition) is 1. The number of rotatable bonds is 7. The highest BCUT2D eigenvalue weighted by Gasteiger charge is 2.40. The van der Waals surface area contributed by atoms with Gasteiger partial charge in [-0.05, 0) is 61.0 Å². The van der Waals surface area contributed by atoms with Crippen molar-refractivity contribution < 1.29 is 28.6 Å². The molecule has 2 amide bonds. The molecule has 0 aliphatic carbocycles. The van der Waals surface area contributed by atoms with Gasteiger partial charge in [0.05, 0.1) is 25.5 Å². The summed E-state index contributed by atoms with van der Waals surface area (Å²) in [7, 11) is 2.90. The highest BCUT2D eigenvalue weighted by atomic mass is 35.5. The summed E-state index contributed by atoms with van der Waals surface area (Å²) < 4.78 is 15.9. The first-order valence-electron chi connectivity index (χ1n) is 10.5. The molecule has 0 saturated carbocycles. The summed E-state index contributed by atoms with van der Waals surface area (Å²) in [6.45, 7) is 1.90. The Labute approximate surface area is 206 Å². The fourth-order valence-electron chi connectivity index (χ4n) is 3.48. The Kier molecular flexibility index (Phi) is 6.75. The summed E-state index contributed by atoms with van der Waals surface area (Å²) in [6, 6.07) is 18.1. The average molecular weight is 493 g/mol. The second-order valence-corrected chi connectivity index (χ2v) is 7.96. The van der Waals surface area contributed by atoms with Gasteiger partial charge in [-0.25, -0.2) is 9.69 Å². The van der Waals surface area contributed by atoms with E-state index >= 15 is 0 Å². The van der Waals surface area contributed by atoms with Gasteiger partial charge < -0.3 is 19.5 Å². The van der Waals surface area contributed by atoms with E-state index < -0.39 is 17.8 Å². The van der Waals surface area contributed by atoms with Crippen LogP contribution in [0.3, 0.4) is 0 Å². The number of hydrogen-bond acceptors (Lipinski definition) is 7. The first-order valence-corrected chi connectivity index (χ1v) is 10.9. The van der Waals surface area contributed by atoms with Crippen LogP contribution >= 0.6 is 11.6 Å². The molecule has 3 aromatic carbocycles. The van der Waals surface area contributed by atoms with Gasteiger partial charge >= 0.3 is 5.97 Å². The number of imide groups is 1. The van der Waals surface area contributed by atoms with Gasteiger partial charge in [-0.3, -0.25) is 9.59 Å². The van der Waals surface area contributed by atoms with Crippen LogP contribution in [0.1, 0.15) is 15.9 Å². The summed E-state index contributed by atoms with van der Waals surface area (Å²) in [6.07, 6.45) is 0. The van der Waals surface area contributed by atoms with Crippen LogP contribution in [-0.2, 0) is 9.59 Å². The van der Waals surface area contributed by atoms with Crippen molar-refractivity contribution in [1.29, 1.82) is 0 Å². The lowest BCUT2D eigenvalue weighted by Crippen LogP contribution is -2.32. The number of halogens is 1. The van der Waals surface area contributed by atoms with E-state index in [9.17, 15) is 14.4 Å². The molecule has 0 spiro atoms. The number of nitrogens with one attached hydrogen (secondary N) is 1. The van der Waals surface area contributed by atoms with E-state index in [1.165, 1.54) is 20.3 Å². The Hall–Kier alpha value is -4.30. The SMILES string of the molecule is COc1ccc(OC)c(N2C(=O)C(Cl)=C(Nc3ccc(C(=O)Oc4cccc(C)c4)cc3)C2=O)c1. The molecule has 1 N–H and O–H groups in total. The zero-order valence-corrected chi connectivity index (χ0v) is 19.9. The molecule has 8 nitrogen and oxygen atoms in total. The number of anilines is 2. The number of esters is 1. The molecule has 0 unspecified atom stereocenters. The van der Waals surface area contributed by atoms with Crippen molar-refractivity contribution in [2.75, 3.05) is 24.4 Å². The van der Waals surface area contributed by atoms with Crippen LogP contribution in [0.4, 0.5) is 11.4 Å². The van der Waals surface area contributed by atoms with Crippen molar-refractivity contribution in [3.63, 3.8) is 0 Å². The molecule has 9 heteroatoms. The van der Waals surface area contributed by atoms with E-state index in [2.05, 4.69) is 5.32 Å². The molecule has 4 rings (SSSR count). The molecule has 1 aliphatic rings. The summed E-state index contributed by atoms with van der Waals surface area (Å²) in [4.78, 5) is 39.3. The molecule has 178 valence electrons. The molecule has 0 radical (unpaired) electrons. The maximum atomic E-state index is 13.1. The minimum absolute atomic E-state index is 0.100. The van der Waals surface area contributed by atoms with Gasteiger partial charge in [-0.1, -0.05) is 23.7 Å². The number of ether oxygens (including phenoxy) is 3. The van der Waals surface area contributed by atoms with Crippen molar-refractivity contribution in [3.05, 3.63) is 88.6 Å². The number of amides is 2. The molecule has 0 saturated heterocycles. The van der Waals surface area contributed by atoms with Crippen LogP contribution in [0, 0.1) is 6.92 Å². The predicted molar refractivity (Wildman–Crippen MR) is 131 cm³/mol.